The van der Waals surface area contributed by atoms with Gasteiger partial charge in [-0.05, 0) is 5.41 Å². The van der Waals surface area contributed by atoms with Gasteiger partial charge in [-0.3, -0.25) is 4.99 Å². The molecule has 0 radical (unpaired) electrons. The van der Waals surface area contributed by atoms with E-state index in [1.807, 2.05) is 21.1 Å². The molecule has 0 aromatic rings. The summed E-state index contributed by atoms with van der Waals surface area (Å²) in [6, 6.07) is 0. The van der Waals surface area contributed by atoms with Crippen molar-refractivity contribution in [3.05, 3.63) is 0 Å². The van der Waals surface area contributed by atoms with Crippen LogP contribution in [0.3, 0.4) is 0 Å². The highest BCUT2D eigenvalue weighted by atomic mass is 15.1. The Bertz CT molecular complexity index is 140. The fraction of sp³-hybridized carbons (Fsp3) is 0.889. The van der Waals surface area contributed by atoms with Crippen molar-refractivity contribution in [2.24, 2.45) is 10.4 Å². The maximum atomic E-state index is 4.22. The van der Waals surface area contributed by atoms with Gasteiger partial charge in [-0.2, -0.15) is 0 Å². The van der Waals surface area contributed by atoms with Crippen LogP contribution >= 0.6 is 0 Å². The molecule has 0 saturated heterocycles. The minimum atomic E-state index is 0.332. The second-order valence-electron chi connectivity index (χ2n) is 4.27. The molecule has 0 amide bonds. The quantitative estimate of drug-likeness (QED) is 0.419. The molecule has 0 rings (SSSR count). The second-order valence-corrected chi connectivity index (χ2v) is 4.27. The summed E-state index contributed by atoms with van der Waals surface area (Å²) >= 11 is 0. The predicted molar refractivity (Wildman–Crippen MR) is 51.1 cm³/mol. The third-order valence-electron chi connectivity index (χ3n) is 1.46. The van der Waals surface area contributed by atoms with E-state index in [1.54, 1.807) is 0 Å². The van der Waals surface area contributed by atoms with E-state index in [1.165, 1.54) is 0 Å². The van der Waals surface area contributed by atoms with Crippen molar-refractivity contribution < 1.29 is 0 Å². The average molecular weight is 156 g/mol. The van der Waals surface area contributed by atoms with Gasteiger partial charge in [0.25, 0.3) is 0 Å². The molecule has 0 N–H and O–H groups in total. The van der Waals surface area contributed by atoms with E-state index in [9.17, 15) is 0 Å². The maximum absolute atomic E-state index is 4.22. The third kappa shape index (κ3) is 4.82. The summed E-state index contributed by atoms with van der Waals surface area (Å²) in [7, 11) is 5.92. The first-order valence-electron chi connectivity index (χ1n) is 4.00. The zero-order valence-electron chi connectivity index (χ0n) is 8.60. The standard InChI is InChI=1S/C9H20N2/c1-9(2,3)7-8(10-4)11(5)6/h7H2,1-6H3/b10-8+. The molecule has 2 heteroatoms. The minimum Gasteiger partial charge on any atom is -0.366 e. The topological polar surface area (TPSA) is 15.6 Å². The molecule has 0 aromatic carbocycles. The van der Waals surface area contributed by atoms with Crippen molar-refractivity contribution in [2.75, 3.05) is 21.1 Å². The highest BCUT2D eigenvalue weighted by Gasteiger charge is 2.14. The van der Waals surface area contributed by atoms with Crippen LogP contribution in [0, 0.1) is 5.41 Å². The van der Waals surface area contributed by atoms with Crippen LogP contribution < -0.4 is 0 Å². The molecule has 0 unspecified atom stereocenters. The van der Waals surface area contributed by atoms with E-state index >= 15 is 0 Å². The molecule has 0 aliphatic carbocycles. The Kier molecular flexibility index (Phi) is 3.56. The number of hydrogen-bond donors (Lipinski definition) is 0. The molecular formula is C9H20N2. The zero-order valence-corrected chi connectivity index (χ0v) is 8.60. The minimum absolute atomic E-state index is 0.332. The Balaban J connectivity index is 4.12. The van der Waals surface area contributed by atoms with Gasteiger partial charge in [0.1, 0.15) is 0 Å². The largest absolute Gasteiger partial charge is 0.366 e. The van der Waals surface area contributed by atoms with Gasteiger partial charge in [-0.15, -0.1) is 0 Å². The Morgan fingerprint density at radius 3 is 1.82 bits per heavy atom. The number of hydrogen-bond acceptors (Lipinski definition) is 1. The number of aliphatic imine (C=N–C) groups is 1. The lowest BCUT2D eigenvalue weighted by molar-refractivity contribution is 0.412. The van der Waals surface area contributed by atoms with Gasteiger partial charge in [0, 0.05) is 27.6 Å². The van der Waals surface area contributed by atoms with Crippen LogP contribution in [0.5, 0.6) is 0 Å². The van der Waals surface area contributed by atoms with Crippen molar-refractivity contribution >= 4 is 5.84 Å². The first-order chi connectivity index (χ1) is 4.87. The summed E-state index contributed by atoms with van der Waals surface area (Å²) in [5, 5.41) is 0. The van der Waals surface area contributed by atoms with E-state index in [2.05, 4.69) is 30.7 Å². The van der Waals surface area contributed by atoms with Crippen LogP contribution in [0.15, 0.2) is 4.99 Å². The highest BCUT2D eigenvalue weighted by Crippen LogP contribution is 2.19. The van der Waals surface area contributed by atoms with Crippen LogP contribution in [-0.2, 0) is 0 Å². The normalized spacial score (nSPS) is 13.5. The van der Waals surface area contributed by atoms with E-state index in [0.29, 0.717) is 5.41 Å². The molecule has 0 fully saturated rings. The first-order valence-corrected chi connectivity index (χ1v) is 4.00. The fourth-order valence-electron chi connectivity index (χ4n) is 0.912. The second kappa shape index (κ2) is 3.74. The zero-order chi connectivity index (χ0) is 9.07. The van der Waals surface area contributed by atoms with Crippen molar-refractivity contribution in [1.29, 1.82) is 0 Å². The van der Waals surface area contributed by atoms with Gasteiger partial charge in [-0.1, -0.05) is 20.8 Å². The molecule has 0 bridgehead atoms. The lowest BCUT2D eigenvalue weighted by Gasteiger charge is -2.23. The maximum Gasteiger partial charge on any atom is 0.0985 e. The molecule has 0 atom stereocenters. The molecule has 2 nitrogen and oxygen atoms in total. The Morgan fingerprint density at radius 1 is 1.27 bits per heavy atom. The van der Waals surface area contributed by atoms with Crippen LogP contribution in [-0.4, -0.2) is 31.9 Å². The van der Waals surface area contributed by atoms with Gasteiger partial charge in [0.15, 0.2) is 0 Å². The van der Waals surface area contributed by atoms with Gasteiger partial charge in [0.05, 0.1) is 5.84 Å². The van der Waals surface area contributed by atoms with E-state index in [4.69, 9.17) is 0 Å². The summed E-state index contributed by atoms with van der Waals surface area (Å²) in [5.41, 5.74) is 0.332. The number of rotatable bonds is 1. The van der Waals surface area contributed by atoms with E-state index in [0.717, 1.165) is 12.3 Å². The number of nitrogens with zero attached hydrogens (tertiary/aromatic N) is 2. The van der Waals surface area contributed by atoms with Crippen LogP contribution in [0.4, 0.5) is 0 Å². The van der Waals surface area contributed by atoms with Crippen LogP contribution in [0.25, 0.3) is 0 Å². The molecular weight excluding hydrogens is 136 g/mol. The summed E-state index contributed by atoms with van der Waals surface area (Å²) in [6.45, 7) is 6.67. The van der Waals surface area contributed by atoms with E-state index < -0.39 is 0 Å². The third-order valence-corrected chi connectivity index (χ3v) is 1.46. The monoisotopic (exact) mass is 156 g/mol. The van der Waals surface area contributed by atoms with Crippen molar-refractivity contribution in [3.63, 3.8) is 0 Å². The summed E-state index contributed by atoms with van der Waals surface area (Å²) in [4.78, 5) is 6.29. The van der Waals surface area contributed by atoms with Gasteiger partial charge in [0.2, 0.25) is 0 Å². The van der Waals surface area contributed by atoms with Gasteiger partial charge < -0.3 is 4.90 Å². The molecule has 0 heterocycles. The summed E-state index contributed by atoms with van der Waals surface area (Å²) < 4.78 is 0. The van der Waals surface area contributed by atoms with Crippen molar-refractivity contribution in [2.45, 2.75) is 27.2 Å². The molecule has 0 aromatic heterocycles. The molecule has 66 valence electrons. The molecule has 0 aliphatic heterocycles. The summed E-state index contributed by atoms with van der Waals surface area (Å²) in [6.07, 6.45) is 1.04. The lowest BCUT2D eigenvalue weighted by atomic mass is 9.91. The smallest absolute Gasteiger partial charge is 0.0985 e. The van der Waals surface area contributed by atoms with Crippen molar-refractivity contribution in [3.8, 4) is 0 Å². The SMILES string of the molecule is C/N=C(\CC(C)(C)C)N(C)C. The average Bonchev–Trinajstić information content (AvgIpc) is 1.80. The molecule has 0 saturated carbocycles. The summed E-state index contributed by atoms with van der Waals surface area (Å²) in [5.74, 6) is 1.16. The predicted octanol–water partition coefficient (Wildman–Crippen LogP) is 2.01. The van der Waals surface area contributed by atoms with Crippen molar-refractivity contribution in [1.82, 2.24) is 4.90 Å². The Labute approximate surface area is 70.3 Å². The van der Waals surface area contributed by atoms with Gasteiger partial charge in [-0.25, -0.2) is 0 Å². The van der Waals surface area contributed by atoms with Gasteiger partial charge >= 0.3 is 0 Å². The first kappa shape index (κ1) is 10.5. The fourth-order valence-corrected chi connectivity index (χ4v) is 0.912. The Hall–Kier alpha value is -0.530. The molecule has 0 aliphatic rings. The van der Waals surface area contributed by atoms with E-state index in [-0.39, 0.29) is 0 Å². The molecule has 11 heavy (non-hydrogen) atoms. The van der Waals surface area contributed by atoms with Crippen LogP contribution in [0.1, 0.15) is 27.2 Å². The van der Waals surface area contributed by atoms with Crippen LogP contribution in [0.2, 0.25) is 0 Å². The highest BCUT2D eigenvalue weighted by molar-refractivity contribution is 5.82. The molecule has 0 spiro atoms. The lowest BCUT2D eigenvalue weighted by Crippen LogP contribution is -2.26. The number of amidine groups is 1. The Morgan fingerprint density at radius 2 is 1.73 bits per heavy atom.